The van der Waals surface area contributed by atoms with Gasteiger partial charge in [0.25, 0.3) is 0 Å². The molecule has 5 nitrogen and oxygen atoms in total. The predicted molar refractivity (Wildman–Crippen MR) is 103 cm³/mol. The Labute approximate surface area is 150 Å². The highest BCUT2D eigenvalue weighted by atomic mass is 127. The van der Waals surface area contributed by atoms with E-state index in [9.17, 15) is 0 Å². The number of anilines is 1. The number of guanidine groups is 1. The van der Waals surface area contributed by atoms with E-state index in [1.54, 1.807) is 14.2 Å². The van der Waals surface area contributed by atoms with Crippen LogP contribution in [0.2, 0.25) is 0 Å². The number of methoxy groups -OCH3 is 1. The molecule has 1 heterocycles. The van der Waals surface area contributed by atoms with Gasteiger partial charge in [-0.05, 0) is 24.5 Å². The van der Waals surface area contributed by atoms with Crippen molar-refractivity contribution in [1.29, 1.82) is 0 Å². The van der Waals surface area contributed by atoms with Crippen molar-refractivity contribution in [3.05, 3.63) is 30.3 Å². The third kappa shape index (κ3) is 6.00. The summed E-state index contributed by atoms with van der Waals surface area (Å²) in [5.41, 5.74) is 1.32. The largest absolute Gasteiger partial charge is 0.383 e. The average molecular weight is 418 g/mol. The smallest absolute Gasteiger partial charge is 0.191 e. The van der Waals surface area contributed by atoms with Crippen molar-refractivity contribution in [2.24, 2.45) is 10.9 Å². The van der Waals surface area contributed by atoms with E-state index in [0.29, 0.717) is 12.5 Å². The fourth-order valence-corrected chi connectivity index (χ4v) is 2.61. The minimum atomic E-state index is 0. The van der Waals surface area contributed by atoms with E-state index >= 15 is 0 Å². The predicted octanol–water partition coefficient (Wildman–Crippen LogP) is 1.94. The van der Waals surface area contributed by atoms with Gasteiger partial charge in [0.15, 0.2) is 5.96 Å². The summed E-state index contributed by atoms with van der Waals surface area (Å²) in [4.78, 5) is 6.68. The Morgan fingerprint density at radius 2 is 2.09 bits per heavy atom. The summed E-state index contributed by atoms with van der Waals surface area (Å²) >= 11 is 0. The maximum Gasteiger partial charge on any atom is 0.191 e. The SMILES string of the molecule is CN=C(NCCOC)NCC1CCN(c2ccccc2)C1.I. The van der Waals surface area contributed by atoms with Gasteiger partial charge in [-0.15, -0.1) is 24.0 Å². The van der Waals surface area contributed by atoms with Crippen molar-refractivity contribution in [2.75, 3.05) is 51.8 Å². The monoisotopic (exact) mass is 418 g/mol. The highest BCUT2D eigenvalue weighted by molar-refractivity contribution is 14.0. The van der Waals surface area contributed by atoms with Gasteiger partial charge in [0, 0.05) is 46.0 Å². The number of ether oxygens (including phenoxy) is 1. The van der Waals surface area contributed by atoms with Crippen LogP contribution in [0.25, 0.3) is 0 Å². The summed E-state index contributed by atoms with van der Waals surface area (Å²) in [5, 5.41) is 6.64. The zero-order chi connectivity index (χ0) is 14.9. The Bertz CT molecular complexity index is 441. The van der Waals surface area contributed by atoms with Crippen molar-refractivity contribution in [1.82, 2.24) is 10.6 Å². The standard InChI is InChI=1S/C16H26N4O.HI/c1-17-16(18-9-11-21-2)19-12-14-8-10-20(13-14)15-6-4-3-5-7-15;/h3-7,14H,8-13H2,1-2H3,(H2,17,18,19);1H. The van der Waals surface area contributed by atoms with Gasteiger partial charge in [0.2, 0.25) is 0 Å². The van der Waals surface area contributed by atoms with Crippen LogP contribution in [0, 0.1) is 5.92 Å². The fraction of sp³-hybridized carbons (Fsp3) is 0.562. The van der Waals surface area contributed by atoms with Gasteiger partial charge in [-0.3, -0.25) is 4.99 Å². The second-order valence-corrected chi connectivity index (χ2v) is 5.31. The molecule has 1 aliphatic heterocycles. The molecule has 0 aromatic heterocycles. The van der Waals surface area contributed by atoms with Gasteiger partial charge >= 0.3 is 0 Å². The minimum Gasteiger partial charge on any atom is -0.383 e. The van der Waals surface area contributed by atoms with Crippen LogP contribution in [0.5, 0.6) is 0 Å². The molecule has 0 aliphatic carbocycles. The normalized spacial score (nSPS) is 18.0. The molecule has 1 aromatic carbocycles. The Morgan fingerprint density at radius 3 is 2.77 bits per heavy atom. The van der Waals surface area contributed by atoms with Crippen molar-refractivity contribution in [3.63, 3.8) is 0 Å². The minimum absolute atomic E-state index is 0. The molecular weight excluding hydrogens is 391 g/mol. The number of para-hydroxylation sites is 1. The average Bonchev–Trinajstić information content (AvgIpc) is 3.00. The van der Waals surface area contributed by atoms with E-state index in [-0.39, 0.29) is 24.0 Å². The first-order chi connectivity index (χ1) is 10.3. The Hall–Kier alpha value is -1.02. The molecule has 1 aromatic rings. The number of nitrogens with one attached hydrogen (secondary N) is 2. The van der Waals surface area contributed by atoms with Crippen LogP contribution in [0.3, 0.4) is 0 Å². The Kier molecular flexibility index (Phi) is 9.22. The summed E-state index contributed by atoms with van der Waals surface area (Å²) in [6.45, 7) is 4.65. The van der Waals surface area contributed by atoms with Crippen molar-refractivity contribution in [3.8, 4) is 0 Å². The molecule has 2 rings (SSSR count). The molecule has 1 saturated heterocycles. The third-order valence-corrected chi connectivity index (χ3v) is 3.79. The van der Waals surface area contributed by atoms with Gasteiger partial charge in [-0.2, -0.15) is 0 Å². The molecule has 22 heavy (non-hydrogen) atoms. The van der Waals surface area contributed by atoms with Crippen molar-refractivity contribution >= 4 is 35.6 Å². The van der Waals surface area contributed by atoms with E-state index in [1.165, 1.54) is 12.1 Å². The number of hydrogen-bond donors (Lipinski definition) is 2. The molecule has 1 fully saturated rings. The van der Waals surface area contributed by atoms with Crippen molar-refractivity contribution in [2.45, 2.75) is 6.42 Å². The van der Waals surface area contributed by atoms with Crippen LogP contribution in [-0.2, 0) is 4.74 Å². The van der Waals surface area contributed by atoms with Crippen molar-refractivity contribution < 1.29 is 4.74 Å². The Balaban J connectivity index is 0.00000242. The fourth-order valence-electron chi connectivity index (χ4n) is 2.61. The summed E-state index contributed by atoms with van der Waals surface area (Å²) in [6, 6.07) is 10.6. The maximum atomic E-state index is 5.03. The quantitative estimate of drug-likeness (QED) is 0.321. The molecule has 6 heteroatoms. The van der Waals surface area contributed by atoms with E-state index < -0.39 is 0 Å². The number of nitrogens with zero attached hydrogens (tertiary/aromatic N) is 2. The highest BCUT2D eigenvalue weighted by Crippen LogP contribution is 2.22. The zero-order valence-electron chi connectivity index (χ0n) is 13.4. The van der Waals surface area contributed by atoms with Gasteiger partial charge < -0.3 is 20.3 Å². The van der Waals surface area contributed by atoms with E-state index in [1.807, 2.05) is 0 Å². The summed E-state index contributed by atoms with van der Waals surface area (Å²) < 4.78 is 5.03. The van der Waals surface area contributed by atoms with Gasteiger partial charge in [-0.25, -0.2) is 0 Å². The number of benzene rings is 1. The molecule has 124 valence electrons. The summed E-state index contributed by atoms with van der Waals surface area (Å²) in [6.07, 6.45) is 1.22. The highest BCUT2D eigenvalue weighted by Gasteiger charge is 2.22. The van der Waals surface area contributed by atoms with Crippen LogP contribution >= 0.6 is 24.0 Å². The van der Waals surface area contributed by atoms with E-state index in [0.717, 1.165) is 32.1 Å². The molecular formula is C16H27IN4O. The zero-order valence-corrected chi connectivity index (χ0v) is 15.7. The van der Waals surface area contributed by atoms with E-state index in [2.05, 4.69) is 50.9 Å². The molecule has 1 unspecified atom stereocenters. The van der Waals surface area contributed by atoms with Crippen LogP contribution in [0.4, 0.5) is 5.69 Å². The Morgan fingerprint density at radius 1 is 1.32 bits per heavy atom. The first-order valence-electron chi connectivity index (χ1n) is 7.57. The first kappa shape index (κ1) is 19.0. The third-order valence-electron chi connectivity index (χ3n) is 3.79. The molecule has 0 saturated carbocycles. The first-order valence-corrected chi connectivity index (χ1v) is 7.57. The topological polar surface area (TPSA) is 48.9 Å². The van der Waals surface area contributed by atoms with Gasteiger partial charge in [-0.1, -0.05) is 18.2 Å². The maximum absolute atomic E-state index is 5.03. The molecule has 1 aliphatic rings. The van der Waals surface area contributed by atoms with Crippen LogP contribution in [0.1, 0.15) is 6.42 Å². The number of rotatable bonds is 6. The van der Waals surface area contributed by atoms with E-state index in [4.69, 9.17) is 4.74 Å². The lowest BCUT2D eigenvalue weighted by Gasteiger charge is -2.19. The molecule has 1 atom stereocenters. The van der Waals surface area contributed by atoms with Crippen LogP contribution < -0.4 is 15.5 Å². The lowest BCUT2D eigenvalue weighted by Crippen LogP contribution is -2.41. The number of hydrogen-bond acceptors (Lipinski definition) is 3. The van der Waals surface area contributed by atoms with Crippen LogP contribution in [0.15, 0.2) is 35.3 Å². The number of aliphatic imine (C=N–C) groups is 1. The van der Waals surface area contributed by atoms with Gasteiger partial charge in [0.05, 0.1) is 6.61 Å². The molecule has 0 spiro atoms. The summed E-state index contributed by atoms with van der Waals surface area (Å²) in [7, 11) is 3.50. The van der Waals surface area contributed by atoms with Gasteiger partial charge in [0.1, 0.15) is 0 Å². The number of halogens is 1. The lowest BCUT2D eigenvalue weighted by atomic mass is 10.1. The second-order valence-electron chi connectivity index (χ2n) is 5.31. The molecule has 0 bridgehead atoms. The molecule has 0 amide bonds. The lowest BCUT2D eigenvalue weighted by molar-refractivity contribution is 0.203. The van der Waals surface area contributed by atoms with Crippen LogP contribution in [-0.4, -0.2) is 52.9 Å². The molecule has 2 N–H and O–H groups in total. The summed E-state index contributed by atoms with van der Waals surface area (Å²) in [5.74, 6) is 1.51. The second kappa shape index (κ2) is 10.7. The molecule has 0 radical (unpaired) electrons.